The predicted molar refractivity (Wildman–Crippen MR) is 104 cm³/mol. The van der Waals surface area contributed by atoms with Crippen molar-refractivity contribution in [1.82, 2.24) is 0 Å². The van der Waals surface area contributed by atoms with Gasteiger partial charge in [0.2, 0.25) is 0 Å². The number of nitrogens with zero attached hydrogens (tertiary/aromatic N) is 1. The van der Waals surface area contributed by atoms with Crippen LogP contribution in [0.5, 0.6) is 0 Å². The van der Waals surface area contributed by atoms with Crippen molar-refractivity contribution < 1.29 is 5.11 Å². The van der Waals surface area contributed by atoms with Gasteiger partial charge in [0.25, 0.3) is 0 Å². The zero-order valence-corrected chi connectivity index (χ0v) is 15.4. The molecule has 0 bridgehead atoms. The van der Waals surface area contributed by atoms with Crippen molar-refractivity contribution in [2.75, 3.05) is 18.0 Å². The van der Waals surface area contributed by atoms with Gasteiger partial charge in [0.1, 0.15) is 5.60 Å². The second-order valence-corrected chi connectivity index (χ2v) is 7.91. The van der Waals surface area contributed by atoms with Gasteiger partial charge in [-0.15, -0.1) is 0 Å². The van der Waals surface area contributed by atoms with E-state index in [-0.39, 0.29) is 5.92 Å². The van der Waals surface area contributed by atoms with E-state index in [1.54, 1.807) is 0 Å². The Morgan fingerprint density at radius 3 is 2.28 bits per heavy atom. The third-order valence-electron chi connectivity index (χ3n) is 5.98. The van der Waals surface area contributed by atoms with Gasteiger partial charge in [-0.3, -0.25) is 0 Å². The number of halogens is 1. The molecule has 1 N–H and O–H groups in total. The number of hydrogen-bond acceptors (Lipinski definition) is 2. The molecule has 1 saturated heterocycles. The van der Waals surface area contributed by atoms with Gasteiger partial charge in [-0.05, 0) is 55.4 Å². The Bertz CT molecular complexity index is 720. The maximum absolute atomic E-state index is 12.1. The van der Waals surface area contributed by atoms with E-state index in [9.17, 15) is 5.11 Å². The molecule has 0 amide bonds. The van der Waals surface area contributed by atoms with Crippen LogP contribution in [0.2, 0.25) is 5.02 Å². The minimum Gasteiger partial charge on any atom is -0.380 e. The van der Waals surface area contributed by atoms with Crippen LogP contribution in [0, 0.1) is 5.92 Å². The maximum Gasteiger partial charge on any atom is 0.119 e. The van der Waals surface area contributed by atoms with Gasteiger partial charge < -0.3 is 10.0 Å². The molecule has 2 nitrogen and oxygen atoms in total. The first-order valence-corrected chi connectivity index (χ1v) is 9.90. The van der Waals surface area contributed by atoms with Gasteiger partial charge >= 0.3 is 0 Å². The minimum atomic E-state index is -0.972. The first-order valence-electron chi connectivity index (χ1n) is 9.52. The largest absolute Gasteiger partial charge is 0.380 e. The lowest BCUT2D eigenvalue weighted by atomic mass is 9.74. The molecule has 1 heterocycles. The maximum atomic E-state index is 12.1. The van der Waals surface area contributed by atoms with Crippen LogP contribution in [0.25, 0.3) is 0 Å². The van der Waals surface area contributed by atoms with Crippen molar-refractivity contribution in [3.8, 4) is 0 Å². The van der Waals surface area contributed by atoms with E-state index in [2.05, 4.69) is 23.1 Å². The van der Waals surface area contributed by atoms with E-state index in [1.807, 2.05) is 30.3 Å². The van der Waals surface area contributed by atoms with E-state index in [1.165, 1.54) is 25.7 Å². The topological polar surface area (TPSA) is 23.5 Å². The van der Waals surface area contributed by atoms with E-state index >= 15 is 0 Å². The van der Waals surface area contributed by atoms with Gasteiger partial charge in [0, 0.05) is 29.4 Å². The van der Waals surface area contributed by atoms with Crippen LogP contribution in [0.1, 0.15) is 49.7 Å². The van der Waals surface area contributed by atoms with Crippen molar-refractivity contribution >= 4 is 17.3 Å². The number of rotatable bonds is 4. The molecule has 1 aliphatic heterocycles. The number of benzene rings is 2. The molecule has 0 spiro atoms. The van der Waals surface area contributed by atoms with Crippen LogP contribution >= 0.6 is 11.6 Å². The van der Waals surface area contributed by atoms with Crippen molar-refractivity contribution in [2.24, 2.45) is 5.92 Å². The van der Waals surface area contributed by atoms with Gasteiger partial charge in [-0.2, -0.15) is 0 Å². The second kappa shape index (κ2) is 7.01. The fourth-order valence-electron chi connectivity index (χ4n) is 4.69. The number of hydrogen-bond donors (Lipinski definition) is 1. The Hall–Kier alpha value is -1.51. The lowest BCUT2D eigenvalue weighted by molar-refractivity contribution is 0.0193. The van der Waals surface area contributed by atoms with Crippen LogP contribution < -0.4 is 4.90 Å². The normalized spacial score (nSPS) is 20.8. The van der Waals surface area contributed by atoms with Crippen molar-refractivity contribution in [3.63, 3.8) is 0 Å². The van der Waals surface area contributed by atoms with E-state index < -0.39 is 5.60 Å². The summed E-state index contributed by atoms with van der Waals surface area (Å²) < 4.78 is 0. The molecular weight excluding hydrogens is 330 g/mol. The summed E-state index contributed by atoms with van der Waals surface area (Å²) in [4.78, 5) is 2.41. The summed E-state index contributed by atoms with van der Waals surface area (Å²) in [7, 11) is 0. The lowest BCUT2D eigenvalue weighted by Gasteiger charge is -2.38. The fourth-order valence-corrected chi connectivity index (χ4v) is 4.87. The van der Waals surface area contributed by atoms with Crippen molar-refractivity contribution in [3.05, 3.63) is 64.7 Å². The van der Waals surface area contributed by atoms with E-state index in [0.29, 0.717) is 5.02 Å². The summed E-state index contributed by atoms with van der Waals surface area (Å²) in [5.74, 6) is 0.245. The van der Waals surface area contributed by atoms with Crippen LogP contribution in [0.4, 0.5) is 5.69 Å². The van der Waals surface area contributed by atoms with Gasteiger partial charge in [0.05, 0.1) is 0 Å². The molecule has 25 heavy (non-hydrogen) atoms. The molecule has 2 aromatic rings. The zero-order chi connectivity index (χ0) is 17.3. The first-order chi connectivity index (χ1) is 12.2. The third kappa shape index (κ3) is 3.07. The van der Waals surface area contributed by atoms with Crippen LogP contribution in [-0.4, -0.2) is 18.2 Å². The molecule has 1 saturated carbocycles. The Kier molecular flexibility index (Phi) is 4.75. The standard InChI is InChI=1S/C22H26ClNO/c23-19-12-13-21(24-14-6-7-15-24)20(16-19)22(25,18-10-4-5-11-18)17-8-2-1-3-9-17/h1-3,8-9,12-13,16,18,25H,4-7,10-11,14-15H2. The summed E-state index contributed by atoms with van der Waals surface area (Å²) in [6, 6.07) is 16.2. The van der Waals surface area contributed by atoms with Crippen LogP contribution in [0.3, 0.4) is 0 Å². The molecule has 2 aromatic carbocycles. The summed E-state index contributed by atoms with van der Waals surface area (Å²) in [5.41, 5.74) is 2.16. The molecule has 1 aliphatic carbocycles. The predicted octanol–water partition coefficient (Wildman–Crippen LogP) is 5.37. The highest BCUT2D eigenvalue weighted by Crippen LogP contribution is 2.48. The van der Waals surface area contributed by atoms with Gasteiger partial charge in [-0.1, -0.05) is 54.8 Å². The molecule has 3 heteroatoms. The summed E-state index contributed by atoms with van der Waals surface area (Å²) in [6.45, 7) is 2.12. The Balaban J connectivity index is 1.89. The Morgan fingerprint density at radius 2 is 1.60 bits per heavy atom. The molecule has 0 radical (unpaired) electrons. The average molecular weight is 356 g/mol. The SMILES string of the molecule is OC(c1ccccc1)(c1cc(Cl)ccc1N1CCCC1)C1CCCC1. The molecule has 132 valence electrons. The number of aliphatic hydroxyl groups is 1. The molecule has 1 atom stereocenters. The smallest absolute Gasteiger partial charge is 0.119 e. The van der Waals surface area contributed by atoms with Crippen molar-refractivity contribution in [1.29, 1.82) is 0 Å². The Morgan fingerprint density at radius 1 is 0.920 bits per heavy atom. The molecular formula is C22H26ClNO. The minimum absolute atomic E-state index is 0.245. The monoisotopic (exact) mass is 355 g/mol. The fraction of sp³-hybridized carbons (Fsp3) is 0.455. The highest BCUT2D eigenvalue weighted by atomic mass is 35.5. The molecule has 0 aromatic heterocycles. The molecule has 4 rings (SSSR count). The summed E-state index contributed by atoms with van der Waals surface area (Å²) in [5, 5.41) is 12.8. The molecule has 2 aliphatic rings. The van der Waals surface area contributed by atoms with E-state index in [4.69, 9.17) is 11.6 Å². The summed E-state index contributed by atoms with van der Waals surface area (Å²) in [6.07, 6.45) is 6.96. The highest BCUT2D eigenvalue weighted by molar-refractivity contribution is 6.30. The highest BCUT2D eigenvalue weighted by Gasteiger charge is 2.43. The first kappa shape index (κ1) is 16.9. The summed E-state index contributed by atoms with van der Waals surface area (Å²) >= 11 is 6.39. The van der Waals surface area contributed by atoms with Crippen LogP contribution in [0.15, 0.2) is 48.5 Å². The van der Waals surface area contributed by atoms with E-state index in [0.717, 1.165) is 42.7 Å². The zero-order valence-electron chi connectivity index (χ0n) is 14.6. The molecule has 2 fully saturated rings. The van der Waals surface area contributed by atoms with Crippen LogP contribution in [-0.2, 0) is 5.60 Å². The van der Waals surface area contributed by atoms with Crippen molar-refractivity contribution in [2.45, 2.75) is 44.1 Å². The number of anilines is 1. The quantitative estimate of drug-likeness (QED) is 0.797. The third-order valence-corrected chi connectivity index (χ3v) is 6.21. The second-order valence-electron chi connectivity index (χ2n) is 7.47. The average Bonchev–Trinajstić information content (AvgIpc) is 3.36. The lowest BCUT2D eigenvalue weighted by Crippen LogP contribution is -2.37. The van der Waals surface area contributed by atoms with Gasteiger partial charge in [-0.25, -0.2) is 0 Å². The Labute approximate surface area is 155 Å². The van der Waals surface area contributed by atoms with Gasteiger partial charge in [0.15, 0.2) is 0 Å². The molecule has 1 unspecified atom stereocenters.